The number of rotatable bonds is 5. The average Bonchev–Trinajstić information content (AvgIpc) is 2.95. The summed E-state index contributed by atoms with van der Waals surface area (Å²) in [5.41, 5.74) is 0. The fraction of sp³-hybridized carbons (Fsp3) is 0.300. The van der Waals surface area contributed by atoms with E-state index in [1.54, 1.807) is 13.0 Å². The van der Waals surface area contributed by atoms with Crippen LogP contribution in [0.15, 0.2) is 27.7 Å². The largest absolute Gasteiger partial charge is 0.391 e. The molecule has 0 unspecified atom stereocenters. The van der Waals surface area contributed by atoms with Gasteiger partial charge in [0.1, 0.15) is 0 Å². The second-order valence-corrected chi connectivity index (χ2v) is 6.67. The lowest BCUT2D eigenvalue weighted by molar-refractivity contribution is 0.285. The minimum Gasteiger partial charge on any atom is -0.391 e. The number of nitrogens with zero attached hydrogens (tertiary/aromatic N) is 1. The number of aryl methyl sites for hydroxylation is 1. The van der Waals surface area contributed by atoms with Crippen LogP contribution in [0.25, 0.3) is 0 Å². The van der Waals surface area contributed by atoms with Gasteiger partial charge in [-0.2, -0.15) is 0 Å². The predicted octanol–water partition coefficient (Wildman–Crippen LogP) is 1.02. The molecule has 2 heterocycles. The second kappa shape index (κ2) is 5.19. The zero-order valence-electron chi connectivity index (χ0n) is 9.58. The SMILES string of the molecule is Cc1sc(CO)cc1S(=O)(=O)NCc1ccno1. The molecule has 0 radical (unpaired) electrons. The number of hydrogen-bond acceptors (Lipinski definition) is 6. The summed E-state index contributed by atoms with van der Waals surface area (Å²) in [7, 11) is -3.59. The lowest BCUT2D eigenvalue weighted by Crippen LogP contribution is -2.23. The molecule has 0 saturated carbocycles. The average molecular weight is 288 g/mol. The Morgan fingerprint density at radius 3 is 2.89 bits per heavy atom. The van der Waals surface area contributed by atoms with Gasteiger partial charge in [0.25, 0.3) is 0 Å². The van der Waals surface area contributed by atoms with Gasteiger partial charge in [0, 0.05) is 15.8 Å². The maximum absolute atomic E-state index is 12.0. The zero-order valence-corrected chi connectivity index (χ0v) is 11.2. The van der Waals surface area contributed by atoms with E-state index in [1.165, 1.54) is 23.6 Å². The Kier molecular flexibility index (Phi) is 3.81. The molecule has 0 aliphatic carbocycles. The predicted molar refractivity (Wildman–Crippen MR) is 65.5 cm³/mol. The van der Waals surface area contributed by atoms with Gasteiger partial charge < -0.3 is 9.63 Å². The highest BCUT2D eigenvalue weighted by molar-refractivity contribution is 7.89. The Bertz CT molecular complexity index is 616. The van der Waals surface area contributed by atoms with E-state index in [0.29, 0.717) is 15.5 Å². The highest BCUT2D eigenvalue weighted by Gasteiger charge is 2.19. The first-order chi connectivity index (χ1) is 8.53. The summed E-state index contributed by atoms with van der Waals surface area (Å²) in [6.07, 6.45) is 1.45. The van der Waals surface area contributed by atoms with Gasteiger partial charge >= 0.3 is 0 Å². The number of nitrogens with one attached hydrogen (secondary N) is 1. The Labute approximate surface area is 108 Å². The number of aliphatic hydroxyl groups excluding tert-OH is 1. The van der Waals surface area contributed by atoms with Crippen LogP contribution in [-0.4, -0.2) is 18.7 Å². The molecule has 0 bridgehead atoms. The van der Waals surface area contributed by atoms with Gasteiger partial charge in [0.2, 0.25) is 10.0 Å². The number of sulfonamides is 1. The van der Waals surface area contributed by atoms with Crippen molar-refractivity contribution in [3.05, 3.63) is 33.8 Å². The van der Waals surface area contributed by atoms with Crippen molar-refractivity contribution in [3.63, 3.8) is 0 Å². The van der Waals surface area contributed by atoms with Crippen LogP contribution < -0.4 is 4.72 Å². The van der Waals surface area contributed by atoms with E-state index in [2.05, 4.69) is 9.88 Å². The van der Waals surface area contributed by atoms with E-state index in [4.69, 9.17) is 9.63 Å². The fourth-order valence-corrected chi connectivity index (χ4v) is 3.93. The Morgan fingerprint density at radius 2 is 2.33 bits per heavy atom. The van der Waals surface area contributed by atoms with Gasteiger partial charge in [-0.1, -0.05) is 5.16 Å². The molecule has 0 aliphatic rings. The van der Waals surface area contributed by atoms with E-state index in [-0.39, 0.29) is 18.0 Å². The summed E-state index contributed by atoms with van der Waals surface area (Å²) in [4.78, 5) is 1.45. The first-order valence-electron chi connectivity index (χ1n) is 5.12. The highest BCUT2D eigenvalue weighted by Crippen LogP contribution is 2.25. The normalized spacial score (nSPS) is 11.9. The van der Waals surface area contributed by atoms with Crippen molar-refractivity contribution in [1.82, 2.24) is 9.88 Å². The Balaban J connectivity index is 2.17. The number of aromatic nitrogens is 1. The van der Waals surface area contributed by atoms with Crippen molar-refractivity contribution >= 4 is 21.4 Å². The van der Waals surface area contributed by atoms with E-state index in [1.807, 2.05) is 0 Å². The lowest BCUT2D eigenvalue weighted by atomic mass is 10.4. The number of aliphatic hydroxyl groups is 1. The third kappa shape index (κ3) is 2.78. The van der Waals surface area contributed by atoms with Crippen LogP contribution in [-0.2, 0) is 23.2 Å². The summed E-state index contributed by atoms with van der Waals surface area (Å²) < 4.78 is 31.3. The zero-order chi connectivity index (χ0) is 13.2. The standard InChI is InChI=1S/C10H12N2O4S2/c1-7-10(4-9(6-13)17-7)18(14,15)12-5-8-2-3-11-16-8/h2-4,12-13H,5-6H2,1H3. The summed E-state index contributed by atoms with van der Waals surface area (Å²) in [5, 5.41) is 12.5. The molecule has 0 fully saturated rings. The molecular formula is C10H12N2O4S2. The third-order valence-electron chi connectivity index (χ3n) is 2.30. The molecule has 98 valence electrons. The van der Waals surface area contributed by atoms with Crippen LogP contribution in [0.1, 0.15) is 15.5 Å². The molecule has 18 heavy (non-hydrogen) atoms. The van der Waals surface area contributed by atoms with Gasteiger partial charge in [0.15, 0.2) is 5.76 Å². The molecule has 2 aromatic heterocycles. The first kappa shape index (κ1) is 13.2. The number of hydrogen-bond donors (Lipinski definition) is 2. The Hall–Kier alpha value is -1.22. The van der Waals surface area contributed by atoms with E-state index >= 15 is 0 Å². The molecule has 0 spiro atoms. The monoisotopic (exact) mass is 288 g/mol. The summed E-state index contributed by atoms with van der Waals surface area (Å²) in [5.74, 6) is 0.439. The smallest absolute Gasteiger partial charge is 0.242 e. The van der Waals surface area contributed by atoms with E-state index in [9.17, 15) is 8.42 Å². The molecule has 0 aliphatic heterocycles. The van der Waals surface area contributed by atoms with Crippen molar-refractivity contribution in [1.29, 1.82) is 0 Å². The van der Waals surface area contributed by atoms with Gasteiger partial charge in [-0.05, 0) is 13.0 Å². The van der Waals surface area contributed by atoms with Crippen LogP contribution in [0.2, 0.25) is 0 Å². The molecule has 0 saturated heterocycles. The van der Waals surface area contributed by atoms with E-state index < -0.39 is 10.0 Å². The van der Waals surface area contributed by atoms with Crippen molar-refractivity contribution in [3.8, 4) is 0 Å². The molecule has 0 amide bonds. The molecule has 6 nitrogen and oxygen atoms in total. The maximum Gasteiger partial charge on any atom is 0.242 e. The first-order valence-corrected chi connectivity index (χ1v) is 7.42. The topological polar surface area (TPSA) is 92.4 Å². The third-order valence-corrected chi connectivity index (χ3v) is 4.99. The molecule has 2 aromatic rings. The van der Waals surface area contributed by atoms with Gasteiger partial charge in [-0.3, -0.25) is 0 Å². The summed E-state index contributed by atoms with van der Waals surface area (Å²) in [6, 6.07) is 3.06. The molecule has 0 atom stereocenters. The van der Waals surface area contributed by atoms with Crippen LogP contribution in [0, 0.1) is 6.92 Å². The van der Waals surface area contributed by atoms with Crippen molar-refractivity contribution in [2.75, 3.05) is 0 Å². The summed E-state index contributed by atoms with van der Waals surface area (Å²) in [6.45, 7) is 1.59. The van der Waals surface area contributed by atoms with Crippen LogP contribution >= 0.6 is 11.3 Å². The van der Waals surface area contributed by atoms with Crippen molar-refractivity contribution in [2.24, 2.45) is 0 Å². The van der Waals surface area contributed by atoms with Crippen molar-refractivity contribution in [2.45, 2.75) is 25.0 Å². The van der Waals surface area contributed by atoms with Gasteiger partial charge in [-0.25, -0.2) is 13.1 Å². The second-order valence-electron chi connectivity index (χ2n) is 3.59. The van der Waals surface area contributed by atoms with Crippen LogP contribution in [0.3, 0.4) is 0 Å². The quantitative estimate of drug-likeness (QED) is 0.856. The highest BCUT2D eigenvalue weighted by atomic mass is 32.2. The minimum absolute atomic E-state index is 0.0477. The van der Waals surface area contributed by atoms with Gasteiger partial charge in [-0.15, -0.1) is 11.3 Å². The van der Waals surface area contributed by atoms with E-state index in [0.717, 1.165) is 0 Å². The molecular weight excluding hydrogens is 276 g/mol. The Morgan fingerprint density at radius 1 is 1.56 bits per heavy atom. The van der Waals surface area contributed by atoms with Crippen LogP contribution in [0.5, 0.6) is 0 Å². The maximum atomic E-state index is 12.0. The van der Waals surface area contributed by atoms with Crippen LogP contribution in [0.4, 0.5) is 0 Å². The lowest BCUT2D eigenvalue weighted by Gasteiger charge is -2.03. The minimum atomic E-state index is -3.59. The molecule has 2 rings (SSSR count). The van der Waals surface area contributed by atoms with Gasteiger partial charge in [0.05, 0.1) is 24.2 Å². The number of thiophene rings is 1. The fourth-order valence-electron chi connectivity index (χ4n) is 1.45. The molecule has 8 heteroatoms. The summed E-state index contributed by atoms with van der Waals surface area (Å²) >= 11 is 1.26. The molecule has 2 N–H and O–H groups in total. The van der Waals surface area contributed by atoms with Crippen molar-refractivity contribution < 1.29 is 18.0 Å². The molecule has 0 aromatic carbocycles.